The number of piperidine rings is 1. The van der Waals surface area contributed by atoms with Crippen LogP contribution in [0.2, 0.25) is 0 Å². The Hall–Kier alpha value is -3.47. The minimum atomic E-state index is -4.58. The Morgan fingerprint density at radius 2 is 1.83 bits per heavy atom. The molecule has 1 N–H and O–H groups in total. The number of alkyl halides is 3. The first kappa shape index (κ1) is 29.0. The number of carbonyl (C=O) groups is 1. The maximum atomic E-state index is 13.7. The number of amides is 1. The first-order chi connectivity index (χ1) is 19.6. The molecule has 1 aliphatic carbocycles. The van der Waals surface area contributed by atoms with E-state index in [1.54, 1.807) is 19.9 Å². The molecular formula is C30H36F3N5O3. The highest BCUT2D eigenvalue weighted by molar-refractivity contribution is 5.80. The summed E-state index contributed by atoms with van der Waals surface area (Å²) in [7, 11) is 0. The molecule has 220 valence electrons. The van der Waals surface area contributed by atoms with Crippen molar-refractivity contribution in [3.63, 3.8) is 0 Å². The summed E-state index contributed by atoms with van der Waals surface area (Å²) in [5.41, 5.74) is -1.33. The topological polar surface area (TPSA) is 89.3 Å². The average Bonchev–Trinajstić information content (AvgIpc) is 2.95. The number of benzene rings is 1. The SMILES string of the molecule is CC(C)NC(=O)Cn1c(-c2cccc(C(F)(F)F)c2)nc2ncc(OC3CCN(C4CCCCC4)CC3)cc2c1=O. The van der Waals surface area contributed by atoms with Crippen LogP contribution < -0.4 is 15.6 Å². The van der Waals surface area contributed by atoms with Crippen LogP contribution in [-0.4, -0.2) is 56.6 Å². The summed E-state index contributed by atoms with van der Waals surface area (Å²) in [5, 5.41) is 2.86. The standard InChI is InChI=1S/C30H36F3N5O3/c1-19(2)35-26(39)18-38-28(20-7-6-8-21(15-20)30(31,32)33)36-27-25(29(38)40)16-24(17-34-27)41-23-11-13-37(14-12-23)22-9-4-3-5-10-22/h6-8,15-17,19,22-23H,3-5,9-14,18H2,1-2H3,(H,35,39). The number of ether oxygens (including phenoxy) is 1. The van der Waals surface area contributed by atoms with Crippen molar-refractivity contribution in [1.82, 2.24) is 24.8 Å². The molecule has 0 atom stereocenters. The van der Waals surface area contributed by atoms with Crippen LogP contribution in [0.4, 0.5) is 13.2 Å². The van der Waals surface area contributed by atoms with Gasteiger partial charge in [0.15, 0.2) is 5.65 Å². The fraction of sp³-hybridized carbons (Fsp3) is 0.533. The number of carbonyl (C=O) groups excluding carboxylic acids is 1. The molecule has 1 amide bonds. The molecule has 3 aromatic rings. The normalized spacial score (nSPS) is 17.7. The van der Waals surface area contributed by atoms with Gasteiger partial charge in [-0.1, -0.05) is 31.4 Å². The van der Waals surface area contributed by atoms with Gasteiger partial charge in [0.25, 0.3) is 5.56 Å². The number of halogens is 3. The van der Waals surface area contributed by atoms with Crippen LogP contribution in [-0.2, 0) is 17.5 Å². The van der Waals surface area contributed by atoms with Gasteiger partial charge in [0, 0.05) is 30.7 Å². The van der Waals surface area contributed by atoms with Crippen molar-refractivity contribution < 1.29 is 22.7 Å². The number of hydrogen-bond acceptors (Lipinski definition) is 6. The van der Waals surface area contributed by atoms with Gasteiger partial charge in [-0.15, -0.1) is 0 Å². The lowest BCUT2D eigenvalue weighted by Gasteiger charge is -2.39. The molecule has 2 aliphatic rings. The van der Waals surface area contributed by atoms with E-state index in [0.29, 0.717) is 11.8 Å². The summed E-state index contributed by atoms with van der Waals surface area (Å²) in [4.78, 5) is 37.7. The number of hydrogen-bond donors (Lipinski definition) is 1. The van der Waals surface area contributed by atoms with Crippen molar-refractivity contribution in [2.45, 2.75) is 89.7 Å². The maximum Gasteiger partial charge on any atom is 0.416 e. The molecular weight excluding hydrogens is 535 g/mol. The van der Waals surface area contributed by atoms with E-state index >= 15 is 0 Å². The van der Waals surface area contributed by atoms with E-state index in [1.807, 2.05) is 0 Å². The molecule has 2 fully saturated rings. The van der Waals surface area contributed by atoms with Crippen molar-refractivity contribution in [1.29, 1.82) is 0 Å². The van der Waals surface area contributed by atoms with Gasteiger partial charge in [-0.3, -0.25) is 14.2 Å². The van der Waals surface area contributed by atoms with Gasteiger partial charge >= 0.3 is 6.18 Å². The first-order valence-electron chi connectivity index (χ1n) is 14.4. The van der Waals surface area contributed by atoms with Crippen LogP contribution in [0.1, 0.15) is 64.4 Å². The zero-order valence-electron chi connectivity index (χ0n) is 23.4. The van der Waals surface area contributed by atoms with Crippen molar-refractivity contribution in [3.8, 4) is 17.1 Å². The Labute approximate surface area is 236 Å². The van der Waals surface area contributed by atoms with Crippen LogP contribution in [0.5, 0.6) is 5.75 Å². The van der Waals surface area contributed by atoms with Crippen LogP contribution in [0, 0.1) is 0 Å². The summed E-state index contributed by atoms with van der Waals surface area (Å²) in [6.07, 6.45) is 5.10. The van der Waals surface area contributed by atoms with Gasteiger partial charge in [0.2, 0.25) is 5.91 Å². The first-order valence-corrected chi connectivity index (χ1v) is 14.4. The Balaban J connectivity index is 1.43. The molecule has 5 rings (SSSR count). The van der Waals surface area contributed by atoms with E-state index < -0.39 is 29.8 Å². The summed E-state index contributed by atoms with van der Waals surface area (Å²) >= 11 is 0. The third-order valence-corrected chi connectivity index (χ3v) is 7.85. The number of fused-ring (bicyclic) bond motifs is 1. The molecule has 0 unspecified atom stereocenters. The van der Waals surface area contributed by atoms with Crippen LogP contribution in [0.15, 0.2) is 41.3 Å². The Morgan fingerprint density at radius 1 is 1.10 bits per heavy atom. The van der Waals surface area contributed by atoms with Crippen molar-refractivity contribution >= 4 is 16.9 Å². The second-order valence-corrected chi connectivity index (χ2v) is 11.3. The van der Waals surface area contributed by atoms with Gasteiger partial charge in [-0.05, 0) is 57.7 Å². The molecule has 1 saturated heterocycles. The number of pyridine rings is 1. The zero-order chi connectivity index (χ0) is 29.1. The fourth-order valence-electron chi connectivity index (χ4n) is 5.86. The number of rotatable bonds is 7. The van der Waals surface area contributed by atoms with Crippen LogP contribution >= 0.6 is 0 Å². The van der Waals surface area contributed by atoms with Gasteiger partial charge in [0.1, 0.15) is 24.2 Å². The van der Waals surface area contributed by atoms with Gasteiger partial charge in [0.05, 0.1) is 17.1 Å². The number of likely N-dealkylation sites (tertiary alicyclic amines) is 1. The number of nitrogens with zero attached hydrogens (tertiary/aromatic N) is 4. The summed E-state index contributed by atoms with van der Waals surface area (Å²) in [6.45, 7) is 5.09. The molecule has 0 radical (unpaired) electrons. The van der Waals surface area contributed by atoms with Crippen molar-refractivity contribution in [2.75, 3.05) is 13.1 Å². The molecule has 8 nitrogen and oxygen atoms in total. The molecule has 0 bridgehead atoms. The molecule has 2 aromatic heterocycles. The van der Waals surface area contributed by atoms with Gasteiger partial charge in [-0.25, -0.2) is 9.97 Å². The summed E-state index contributed by atoms with van der Waals surface area (Å²) < 4.78 is 47.7. The molecule has 0 spiro atoms. The highest BCUT2D eigenvalue weighted by Gasteiger charge is 2.31. The fourth-order valence-corrected chi connectivity index (χ4v) is 5.86. The average molecular weight is 572 g/mol. The molecule has 1 aromatic carbocycles. The van der Waals surface area contributed by atoms with Crippen molar-refractivity contribution in [2.24, 2.45) is 0 Å². The van der Waals surface area contributed by atoms with Gasteiger partial charge in [-0.2, -0.15) is 13.2 Å². The highest BCUT2D eigenvalue weighted by Crippen LogP contribution is 2.32. The summed E-state index contributed by atoms with van der Waals surface area (Å²) in [6, 6.07) is 6.58. The highest BCUT2D eigenvalue weighted by atomic mass is 19.4. The van der Waals surface area contributed by atoms with E-state index in [1.165, 1.54) is 50.4 Å². The van der Waals surface area contributed by atoms with Crippen LogP contribution in [0.25, 0.3) is 22.4 Å². The third kappa shape index (κ3) is 6.89. The van der Waals surface area contributed by atoms with E-state index in [-0.39, 0.29) is 34.6 Å². The van der Waals surface area contributed by atoms with E-state index in [0.717, 1.165) is 42.6 Å². The minimum Gasteiger partial charge on any atom is -0.489 e. The Kier molecular flexibility index (Phi) is 8.63. The molecule has 1 saturated carbocycles. The second kappa shape index (κ2) is 12.2. The molecule has 3 heterocycles. The second-order valence-electron chi connectivity index (χ2n) is 11.3. The van der Waals surface area contributed by atoms with E-state index in [9.17, 15) is 22.8 Å². The number of aromatic nitrogens is 3. The molecule has 11 heteroatoms. The predicted octanol–water partition coefficient (Wildman–Crippen LogP) is 5.18. The van der Waals surface area contributed by atoms with Gasteiger partial charge < -0.3 is 15.0 Å². The lowest BCUT2D eigenvalue weighted by molar-refractivity contribution is -0.137. The smallest absolute Gasteiger partial charge is 0.416 e. The molecule has 41 heavy (non-hydrogen) atoms. The molecule has 1 aliphatic heterocycles. The largest absolute Gasteiger partial charge is 0.489 e. The Morgan fingerprint density at radius 3 is 2.51 bits per heavy atom. The number of nitrogens with one attached hydrogen (secondary N) is 1. The minimum absolute atomic E-state index is 0.00882. The third-order valence-electron chi connectivity index (χ3n) is 7.85. The predicted molar refractivity (Wildman–Crippen MR) is 150 cm³/mol. The zero-order valence-corrected chi connectivity index (χ0v) is 23.4. The Bertz CT molecular complexity index is 1440. The lowest BCUT2D eigenvalue weighted by atomic mass is 9.92. The van der Waals surface area contributed by atoms with Crippen LogP contribution in [0.3, 0.4) is 0 Å². The van der Waals surface area contributed by atoms with Crippen molar-refractivity contribution in [3.05, 3.63) is 52.4 Å². The maximum absolute atomic E-state index is 13.7. The monoisotopic (exact) mass is 571 g/mol. The van der Waals surface area contributed by atoms with E-state index in [4.69, 9.17) is 4.74 Å². The van der Waals surface area contributed by atoms with E-state index in [2.05, 4.69) is 20.2 Å². The quantitative estimate of drug-likeness (QED) is 0.421. The lowest BCUT2D eigenvalue weighted by Crippen LogP contribution is -2.44. The summed E-state index contributed by atoms with van der Waals surface area (Å²) in [5.74, 6) is -0.0946.